The molecule has 0 atom stereocenters. The monoisotopic (exact) mass is 353 g/mol. The number of hydrogen-bond acceptors (Lipinski definition) is 5. The minimum Gasteiger partial charge on any atom is -0.457 e. The van der Waals surface area contributed by atoms with Crippen LogP contribution in [-0.4, -0.2) is 23.5 Å². The van der Waals surface area contributed by atoms with Crippen LogP contribution in [0.3, 0.4) is 0 Å². The van der Waals surface area contributed by atoms with Gasteiger partial charge in [-0.3, -0.25) is 9.59 Å². The second-order valence-electron chi connectivity index (χ2n) is 8.58. The molecule has 4 bridgehead atoms. The van der Waals surface area contributed by atoms with E-state index in [1.807, 2.05) is 24.3 Å². The number of fused-ring (bicyclic) bond motifs is 1. The van der Waals surface area contributed by atoms with Gasteiger partial charge in [0.1, 0.15) is 5.69 Å². The highest BCUT2D eigenvalue weighted by Gasteiger charge is 2.54. The fraction of sp³-hybridized carbons (Fsp3) is 0.571. The molecule has 4 saturated carbocycles. The molecule has 5 heteroatoms. The van der Waals surface area contributed by atoms with Crippen LogP contribution in [0.15, 0.2) is 28.8 Å². The maximum absolute atomic E-state index is 12.9. The third kappa shape index (κ3) is 2.65. The molecule has 4 aliphatic rings. The first kappa shape index (κ1) is 16.0. The lowest BCUT2D eigenvalue weighted by molar-refractivity contribution is -0.157. The Balaban J connectivity index is 1.22. The van der Waals surface area contributed by atoms with Crippen molar-refractivity contribution < 1.29 is 18.8 Å². The Hall–Kier alpha value is -2.17. The Morgan fingerprint density at radius 1 is 1.08 bits per heavy atom. The lowest BCUT2D eigenvalue weighted by atomic mass is 9.48. The van der Waals surface area contributed by atoms with Crippen molar-refractivity contribution in [2.45, 2.75) is 44.9 Å². The lowest BCUT2D eigenvalue weighted by Gasteiger charge is -2.55. The number of carbonyl (C=O) groups excluding carboxylic acids is 2. The number of rotatable bonds is 5. The van der Waals surface area contributed by atoms with Crippen LogP contribution < -0.4 is 0 Å². The number of Topliss-reactive ketones (excluding diaryl/α,β-unsaturated/α-hetero) is 1. The van der Waals surface area contributed by atoms with E-state index in [-0.39, 0.29) is 24.2 Å². The van der Waals surface area contributed by atoms with Crippen molar-refractivity contribution in [3.63, 3.8) is 0 Å². The predicted octanol–water partition coefficient (Wildman–Crippen LogP) is 3.70. The Morgan fingerprint density at radius 3 is 2.42 bits per heavy atom. The first-order valence-corrected chi connectivity index (χ1v) is 9.63. The van der Waals surface area contributed by atoms with E-state index in [0.29, 0.717) is 29.0 Å². The van der Waals surface area contributed by atoms with Crippen molar-refractivity contribution in [1.29, 1.82) is 0 Å². The Labute approximate surface area is 152 Å². The highest BCUT2D eigenvalue weighted by molar-refractivity contribution is 5.89. The van der Waals surface area contributed by atoms with Gasteiger partial charge in [0, 0.05) is 10.8 Å². The minimum absolute atomic E-state index is 0.0329. The summed E-state index contributed by atoms with van der Waals surface area (Å²) in [5.74, 6) is 1.85. The standard InChI is InChI=1S/C21H23NO4/c23-19(21-9-13-5-14(10-21)7-15(6-13)11-21)12-25-20(24)8-17-16-3-1-2-4-18(16)26-22-17/h1-4,13-15H,5-12H2. The topological polar surface area (TPSA) is 69.4 Å². The van der Waals surface area contributed by atoms with Crippen LogP contribution in [0.25, 0.3) is 11.0 Å². The van der Waals surface area contributed by atoms with Crippen molar-refractivity contribution >= 4 is 22.7 Å². The van der Waals surface area contributed by atoms with Gasteiger partial charge in [-0.15, -0.1) is 0 Å². The summed E-state index contributed by atoms with van der Waals surface area (Å²) in [4.78, 5) is 25.1. The third-order valence-electron chi connectivity index (χ3n) is 6.76. The third-order valence-corrected chi connectivity index (χ3v) is 6.76. The number of ether oxygens (including phenoxy) is 1. The zero-order valence-corrected chi connectivity index (χ0v) is 14.8. The zero-order chi connectivity index (χ0) is 17.7. The molecule has 0 amide bonds. The van der Waals surface area contributed by atoms with Gasteiger partial charge in [0.25, 0.3) is 0 Å². The van der Waals surface area contributed by atoms with Gasteiger partial charge < -0.3 is 9.26 Å². The maximum atomic E-state index is 12.9. The van der Waals surface area contributed by atoms with Gasteiger partial charge in [0.15, 0.2) is 18.0 Å². The van der Waals surface area contributed by atoms with Gasteiger partial charge in [-0.05, 0) is 68.4 Å². The second-order valence-corrected chi connectivity index (χ2v) is 8.58. The van der Waals surface area contributed by atoms with Crippen LogP contribution in [-0.2, 0) is 20.7 Å². The van der Waals surface area contributed by atoms with E-state index in [4.69, 9.17) is 9.26 Å². The fourth-order valence-electron chi connectivity index (χ4n) is 6.00. The summed E-state index contributed by atoms with van der Waals surface area (Å²) in [5, 5.41) is 4.77. The molecule has 4 fully saturated rings. The van der Waals surface area contributed by atoms with Crippen LogP contribution in [0, 0.1) is 23.2 Å². The summed E-state index contributed by atoms with van der Waals surface area (Å²) in [5.41, 5.74) is 1.00. The molecule has 0 radical (unpaired) electrons. The molecule has 6 rings (SSSR count). The van der Waals surface area contributed by atoms with E-state index in [2.05, 4.69) is 5.16 Å². The first-order valence-electron chi connectivity index (χ1n) is 9.63. The molecule has 4 aliphatic carbocycles. The average Bonchev–Trinajstić information content (AvgIpc) is 3.01. The van der Waals surface area contributed by atoms with Gasteiger partial charge in [-0.25, -0.2) is 0 Å². The Kier molecular flexibility index (Phi) is 3.66. The van der Waals surface area contributed by atoms with Crippen molar-refractivity contribution in [2.24, 2.45) is 23.2 Å². The van der Waals surface area contributed by atoms with Crippen molar-refractivity contribution in [2.75, 3.05) is 6.61 Å². The van der Waals surface area contributed by atoms with Crippen LogP contribution in [0.2, 0.25) is 0 Å². The predicted molar refractivity (Wildman–Crippen MR) is 94.3 cm³/mol. The van der Waals surface area contributed by atoms with Crippen LogP contribution >= 0.6 is 0 Å². The summed E-state index contributed by atoms with van der Waals surface area (Å²) in [6.07, 6.45) is 6.93. The highest BCUT2D eigenvalue weighted by atomic mass is 16.5. The van der Waals surface area contributed by atoms with E-state index in [1.165, 1.54) is 19.3 Å². The molecule has 1 aromatic carbocycles. The molecule has 0 saturated heterocycles. The van der Waals surface area contributed by atoms with Gasteiger partial charge in [-0.1, -0.05) is 17.3 Å². The molecule has 0 spiro atoms. The Bertz CT molecular complexity index is 832. The molecule has 2 aromatic rings. The number of hydrogen-bond donors (Lipinski definition) is 0. The lowest BCUT2D eigenvalue weighted by Crippen LogP contribution is -2.51. The number of esters is 1. The van der Waals surface area contributed by atoms with Gasteiger partial charge >= 0.3 is 5.97 Å². The quantitative estimate of drug-likeness (QED) is 0.767. The SMILES string of the molecule is O=C(Cc1noc2ccccc12)OCC(=O)C12CC3CC(CC(C3)C1)C2. The smallest absolute Gasteiger partial charge is 0.312 e. The molecule has 136 valence electrons. The van der Waals surface area contributed by atoms with Gasteiger partial charge in [0.05, 0.1) is 6.42 Å². The Morgan fingerprint density at radius 2 is 1.73 bits per heavy atom. The van der Waals surface area contributed by atoms with E-state index >= 15 is 0 Å². The summed E-state index contributed by atoms with van der Waals surface area (Å²) in [6, 6.07) is 7.42. The number of benzene rings is 1. The zero-order valence-electron chi connectivity index (χ0n) is 14.8. The van der Waals surface area contributed by atoms with E-state index in [9.17, 15) is 9.59 Å². The maximum Gasteiger partial charge on any atom is 0.312 e. The molecule has 0 unspecified atom stereocenters. The van der Waals surface area contributed by atoms with E-state index in [0.717, 1.165) is 24.6 Å². The van der Waals surface area contributed by atoms with E-state index < -0.39 is 5.97 Å². The molecule has 26 heavy (non-hydrogen) atoms. The normalized spacial score (nSPS) is 32.1. The van der Waals surface area contributed by atoms with Crippen LogP contribution in [0.5, 0.6) is 0 Å². The van der Waals surface area contributed by atoms with Crippen molar-refractivity contribution in [1.82, 2.24) is 5.16 Å². The van der Waals surface area contributed by atoms with Crippen LogP contribution in [0.4, 0.5) is 0 Å². The molecular formula is C21H23NO4. The average molecular weight is 353 g/mol. The largest absolute Gasteiger partial charge is 0.457 e. The highest BCUT2D eigenvalue weighted by Crippen LogP contribution is 2.60. The molecule has 0 aliphatic heterocycles. The number of para-hydroxylation sites is 1. The summed E-state index contributed by atoms with van der Waals surface area (Å²) in [7, 11) is 0. The molecule has 1 heterocycles. The van der Waals surface area contributed by atoms with Crippen molar-refractivity contribution in [3.05, 3.63) is 30.0 Å². The van der Waals surface area contributed by atoms with Gasteiger partial charge in [-0.2, -0.15) is 0 Å². The molecule has 0 N–H and O–H groups in total. The number of aromatic nitrogens is 1. The van der Waals surface area contributed by atoms with Gasteiger partial charge in [0.2, 0.25) is 0 Å². The van der Waals surface area contributed by atoms with E-state index in [1.54, 1.807) is 0 Å². The molecule has 1 aromatic heterocycles. The second kappa shape index (κ2) is 5.93. The minimum atomic E-state index is -0.415. The summed E-state index contributed by atoms with van der Waals surface area (Å²) >= 11 is 0. The van der Waals surface area contributed by atoms with Crippen LogP contribution in [0.1, 0.15) is 44.2 Å². The molecular weight excluding hydrogens is 330 g/mol. The molecule has 5 nitrogen and oxygen atoms in total. The first-order chi connectivity index (χ1) is 12.6. The number of carbonyl (C=O) groups is 2. The van der Waals surface area contributed by atoms with Crippen molar-refractivity contribution in [3.8, 4) is 0 Å². The fourth-order valence-corrected chi connectivity index (χ4v) is 6.00. The summed E-state index contributed by atoms with van der Waals surface area (Å²) in [6.45, 7) is -0.0965. The summed E-state index contributed by atoms with van der Waals surface area (Å²) < 4.78 is 10.6. The number of ketones is 1. The number of nitrogens with zero attached hydrogens (tertiary/aromatic N) is 1.